The Labute approximate surface area is 167 Å². The molecule has 0 aromatic heterocycles. The number of ketones is 2. The van der Waals surface area contributed by atoms with Crippen LogP contribution in [-0.2, 0) is 9.59 Å². The Morgan fingerprint density at radius 1 is 1.11 bits per heavy atom. The van der Waals surface area contributed by atoms with Gasteiger partial charge < -0.3 is 4.74 Å². The van der Waals surface area contributed by atoms with E-state index >= 15 is 0 Å². The summed E-state index contributed by atoms with van der Waals surface area (Å²) in [6.45, 7) is 2.19. The van der Waals surface area contributed by atoms with Crippen LogP contribution in [0.3, 0.4) is 0 Å². The predicted molar refractivity (Wildman–Crippen MR) is 110 cm³/mol. The van der Waals surface area contributed by atoms with E-state index in [1.54, 1.807) is 19.3 Å². The molecule has 3 aliphatic rings. The van der Waals surface area contributed by atoms with Crippen LogP contribution in [0.4, 0.5) is 0 Å². The van der Waals surface area contributed by atoms with Crippen LogP contribution in [0.2, 0.25) is 0 Å². The van der Waals surface area contributed by atoms with Gasteiger partial charge in [-0.05, 0) is 67.5 Å². The second-order valence-electron chi connectivity index (χ2n) is 8.20. The Morgan fingerprint density at radius 2 is 1.89 bits per heavy atom. The van der Waals surface area contributed by atoms with E-state index < -0.39 is 0 Å². The zero-order chi connectivity index (χ0) is 19.7. The number of benzene rings is 1. The summed E-state index contributed by atoms with van der Waals surface area (Å²) in [6, 6.07) is 8.13. The van der Waals surface area contributed by atoms with Crippen LogP contribution in [-0.4, -0.2) is 18.7 Å². The molecule has 3 nitrogen and oxygen atoms in total. The first-order valence-electron chi connectivity index (χ1n) is 10.4. The minimum absolute atomic E-state index is 0.0505. The lowest BCUT2D eigenvalue weighted by molar-refractivity contribution is -0.120. The van der Waals surface area contributed by atoms with E-state index in [1.165, 1.54) is 11.1 Å². The quantitative estimate of drug-likeness (QED) is 0.630. The predicted octanol–water partition coefficient (Wildman–Crippen LogP) is 5.33. The van der Waals surface area contributed by atoms with E-state index in [-0.39, 0.29) is 28.8 Å². The Morgan fingerprint density at radius 3 is 2.61 bits per heavy atom. The molecule has 0 saturated heterocycles. The molecule has 0 amide bonds. The first kappa shape index (κ1) is 18.9. The monoisotopic (exact) mass is 376 g/mol. The second-order valence-corrected chi connectivity index (χ2v) is 8.20. The summed E-state index contributed by atoms with van der Waals surface area (Å²) in [6.07, 6.45) is 13.5. The van der Waals surface area contributed by atoms with Crippen molar-refractivity contribution in [1.82, 2.24) is 0 Å². The van der Waals surface area contributed by atoms with Crippen LogP contribution in [0.15, 0.2) is 59.7 Å². The van der Waals surface area contributed by atoms with Gasteiger partial charge in [0.05, 0.1) is 7.11 Å². The smallest absolute Gasteiger partial charge is 0.178 e. The van der Waals surface area contributed by atoms with Gasteiger partial charge in [-0.25, -0.2) is 0 Å². The average Bonchev–Trinajstić information content (AvgIpc) is 3.00. The lowest BCUT2D eigenvalue weighted by atomic mass is 9.55. The van der Waals surface area contributed by atoms with Gasteiger partial charge in [-0.1, -0.05) is 49.1 Å². The molecule has 0 aliphatic heterocycles. The van der Waals surface area contributed by atoms with E-state index in [1.807, 2.05) is 24.3 Å². The molecule has 0 radical (unpaired) electrons. The van der Waals surface area contributed by atoms with Gasteiger partial charge in [0.1, 0.15) is 5.75 Å². The number of carbonyl (C=O) groups excluding carboxylic acids is 2. The van der Waals surface area contributed by atoms with E-state index in [4.69, 9.17) is 4.74 Å². The summed E-state index contributed by atoms with van der Waals surface area (Å²) in [5, 5.41) is 0. The van der Waals surface area contributed by atoms with Crippen molar-refractivity contribution in [3.63, 3.8) is 0 Å². The molecule has 3 heteroatoms. The van der Waals surface area contributed by atoms with Crippen molar-refractivity contribution in [1.29, 1.82) is 0 Å². The largest absolute Gasteiger partial charge is 0.497 e. The molecule has 28 heavy (non-hydrogen) atoms. The van der Waals surface area contributed by atoms with Crippen LogP contribution >= 0.6 is 0 Å². The van der Waals surface area contributed by atoms with Crippen molar-refractivity contribution in [2.24, 2.45) is 11.3 Å². The number of methoxy groups -OCH3 is 1. The first-order valence-corrected chi connectivity index (χ1v) is 10.4. The second kappa shape index (κ2) is 7.54. The van der Waals surface area contributed by atoms with Crippen molar-refractivity contribution in [2.45, 2.75) is 51.4 Å². The van der Waals surface area contributed by atoms with Crippen LogP contribution < -0.4 is 4.74 Å². The van der Waals surface area contributed by atoms with Gasteiger partial charge in [-0.15, -0.1) is 0 Å². The van der Waals surface area contributed by atoms with Gasteiger partial charge in [-0.3, -0.25) is 9.59 Å². The number of allylic oxidation sites excluding steroid dienone is 6. The van der Waals surface area contributed by atoms with Crippen molar-refractivity contribution in [3.05, 3.63) is 65.3 Å². The fraction of sp³-hybridized carbons (Fsp3) is 0.440. The van der Waals surface area contributed by atoms with Crippen LogP contribution in [0.1, 0.15) is 56.9 Å². The third kappa shape index (κ3) is 2.97. The maximum atomic E-state index is 13.2. The highest BCUT2D eigenvalue weighted by Crippen LogP contribution is 2.61. The van der Waals surface area contributed by atoms with Crippen LogP contribution in [0, 0.1) is 11.3 Å². The number of hydrogen-bond donors (Lipinski definition) is 0. The Kier molecular flexibility index (Phi) is 5.09. The Balaban J connectivity index is 1.74. The molecular formula is C25H28O3. The van der Waals surface area contributed by atoms with Gasteiger partial charge in [0, 0.05) is 11.3 Å². The number of rotatable bonds is 6. The molecule has 1 aromatic carbocycles. The lowest BCUT2D eigenvalue weighted by Crippen LogP contribution is -2.41. The zero-order valence-corrected chi connectivity index (χ0v) is 16.7. The molecule has 3 atom stereocenters. The molecule has 1 spiro atoms. The summed E-state index contributed by atoms with van der Waals surface area (Å²) in [4.78, 5) is 25.3. The summed E-state index contributed by atoms with van der Waals surface area (Å²) in [5.41, 5.74) is 3.15. The number of carbonyl (C=O) groups is 2. The average molecular weight is 376 g/mol. The highest BCUT2D eigenvalue weighted by Gasteiger charge is 2.56. The number of hydrogen-bond acceptors (Lipinski definition) is 3. The molecule has 4 rings (SSSR count). The Hall–Kier alpha value is -2.42. The minimum atomic E-state index is -0.387. The fourth-order valence-electron chi connectivity index (χ4n) is 5.41. The summed E-state index contributed by atoms with van der Waals surface area (Å²) in [7, 11) is 1.67. The highest BCUT2D eigenvalue weighted by molar-refractivity contribution is 6.05. The third-order valence-electron chi connectivity index (χ3n) is 6.72. The molecule has 1 saturated carbocycles. The van der Waals surface area contributed by atoms with E-state index in [0.717, 1.165) is 49.8 Å². The first-order chi connectivity index (χ1) is 13.6. The molecule has 3 aliphatic carbocycles. The van der Waals surface area contributed by atoms with E-state index in [0.29, 0.717) is 0 Å². The molecule has 1 fully saturated rings. The molecule has 146 valence electrons. The minimum Gasteiger partial charge on any atom is -0.497 e. The summed E-state index contributed by atoms with van der Waals surface area (Å²) < 4.78 is 5.30. The lowest BCUT2D eigenvalue weighted by Gasteiger charge is -2.47. The molecule has 0 heterocycles. The van der Waals surface area contributed by atoms with Crippen LogP contribution in [0.5, 0.6) is 5.75 Å². The standard InChI is InChI=1S/C25H28O3/c1-3-4-5-6-18-16-23(27)24-22(17-7-10-21(28-2)11-8-17)12-9-19-15-20(26)13-14-25(18,19)24/h7-8,10-11,13-16,22,24H,3-6,9,12H2,1-2H3/t22-,24-,25-/m1/s1. The van der Waals surface area contributed by atoms with Crippen molar-refractivity contribution in [2.75, 3.05) is 7.11 Å². The molecule has 0 unspecified atom stereocenters. The zero-order valence-electron chi connectivity index (χ0n) is 16.7. The third-order valence-corrected chi connectivity index (χ3v) is 6.72. The summed E-state index contributed by atoms with van der Waals surface area (Å²) in [5.74, 6) is 1.12. The van der Waals surface area contributed by atoms with Gasteiger partial charge in [0.15, 0.2) is 11.6 Å². The van der Waals surface area contributed by atoms with Crippen LogP contribution in [0.25, 0.3) is 0 Å². The number of unbranched alkanes of at least 4 members (excludes halogenated alkanes) is 2. The topological polar surface area (TPSA) is 43.4 Å². The summed E-state index contributed by atoms with van der Waals surface area (Å²) >= 11 is 0. The van der Waals surface area contributed by atoms with E-state index in [9.17, 15) is 9.59 Å². The van der Waals surface area contributed by atoms with Gasteiger partial charge in [0.25, 0.3) is 0 Å². The highest BCUT2D eigenvalue weighted by atomic mass is 16.5. The van der Waals surface area contributed by atoms with Gasteiger partial charge in [-0.2, -0.15) is 0 Å². The fourth-order valence-corrected chi connectivity index (χ4v) is 5.41. The maximum Gasteiger partial charge on any atom is 0.178 e. The molecule has 0 bridgehead atoms. The molecule has 0 N–H and O–H groups in total. The van der Waals surface area contributed by atoms with Crippen molar-refractivity contribution in [3.8, 4) is 5.75 Å². The maximum absolute atomic E-state index is 13.2. The van der Waals surface area contributed by atoms with Gasteiger partial charge >= 0.3 is 0 Å². The number of ether oxygens (including phenoxy) is 1. The van der Waals surface area contributed by atoms with Crippen molar-refractivity contribution < 1.29 is 14.3 Å². The van der Waals surface area contributed by atoms with E-state index in [2.05, 4.69) is 19.1 Å². The Bertz CT molecular complexity index is 872. The molecular weight excluding hydrogens is 348 g/mol. The van der Waals surface area contributed by atoms with Gasteiger partial charge in [0.2, 0.25) is 0 Å². The normalized spacial score (nSPS) is 28.5. The SMILES string of the molecule is CCCCCC1=CC(=O)[C@H]2[C@@H](c3ccc(OC)cc3)CCC3=CC(=O)C=C[C@@]132. The molecule has 1 aromatic rings. The van der Waals surface area contributed by atoms with Crippen molar-refractivity contribution >= 4 is 11.6 Å².